The van der Waals surface area contributed by atoms with Crippen molar-refractivity contribution in [2.24, 2.45) is 0 Å². The molecule has 0 aliphatic carbocycles. The molecule has 2 aromatic rings. The average molecular weight is 442 g/mol. The molecule has 1 atom stereocenters. The van der Waals surface area contributed by atoms with Crippen LogP contribution in [0.1, 0.15) is 12.0 Å². The first-order valence-corrected chi connectivity index (χ1v) is 12.1. The molecule has 1 aliphatic heterocycles. The summed E-state index contributed by atoms with van der Waals surface area (Å²) in [6.07, 6.45) is 2.62. The number of piperazine rings is 1. The van der Waals surface area contributed by atoms with Crippen LogP contribution >= 0.6 is 11.8 Å². The van der Waals surface area contributed by atoms with Gasteiger partial charge in [-0.3, -0.25) is 14.5 Å². The fourth-order valence-corrected chi connectivity index (χ4v) is 4.05. The Hall–Kier alpha value is -2.51. The Morgan fingerprint density at radius 1 is 1.00 bits per heavy atom. The fourth-order valence-electron chi connectivity index (χ4n) is 3.58. The van der Waals surface area contributed by atoms with Crippen LogP contribution in [0, 0.1) is 0 Å². The molecule has 0 bridgehead atoms. The fraction of sp³-hybridized carbons (Fsp3) is 0.417. The molecule has 2 amide bonds. The lowest BCUT2D eigenvalue weighted by Crippen LogP contribution is -2.55. The molecular weight excluding hydrogens is 410 g/mol. The van der Waals surface area contributed by atoms with Gasteiger partial charge in [0.1, 0.15) is 11.8 Å². The monoisotopic (exact) mass is 441 g/mol. The van der Waals surface area contributed by atoms with Crippen LogP contribution in [0.4, 0.5) is 0 Å². The topological polar surface area (TPSA) is 61.9 Å². The maximum Gasteiger partial charge on any atom is 0.258 e. The molecule has 1 heterocycles. The molecule has 1 saturated heterocycles. The van der Waals surface area contributed by atoms with E-state index in [1.165, 1.54) is 5.56 Å². The number of amides is 2. The molecule has 1 N–H and O–H groups in total. The van der Waals surface area contributed by atoms with Gasteiger partial charge in [0, 0.05) is 32.7 Å². The van der Waals surface area contributed by atoms with E-state index >= 15 is 0 Å². The van der Waals surface area contributed by atoms with E-state index in [1.807, 2.05) is 35.4 Å². The Kier molecular flexibility index (Phi) is 9.24. The number of rotatable bonds is 10. The molecule has 166 valence electrons. The summed E-state index contributed by atoms with van der Waals surface area (Å²) in [5.41, 5.74) is 1.28. The number of carbonyl (C=O) groups excluding carboxylic acids is 2. The zero-order chi connectivity index (χ0) is 21.9. The van der Waals surface area contributed by atoms with Crippen LogP contribution in [0.3, 0.4) is 0 Å². The van der Waals surface area contributed by atoms with Gasteiger partial charge in [0.15, 0.2) is 6.61 Å². The molecular formula is C24H31N3O3S. The van der Waals surface area contributed by atoms with Crippen LogP contribution in [0.5, 0.6) is 5.75 Å². The van der Waals surface area contributed by atoms with Gasteiger partial charge in [-0.25, -0.2) is 0 Å². The zero-order valence-electron chi connectivity index (χ0n) is 18.0. The minimum atomic E-state index is -0.514. The van der Waals surface area contributed by atoms with Crippen molar-refractivity contribution in [2.75, 3.05) is 44.8 Å². The van der Waals surface area contributed by atoms with E-state index in [9.17, 15) is 9.59 Å². The highest BCUT2D eigenvalue weighted by Gasteiger charge is 2.28. The zero-order valence-corrected chi connectivity index (χ0v) is 18.9. The molecule has 2 aromatic carbocycles. The van der Waals surface area contributed by atoms with Crippen molar-refractivity contribution < 1.29 is 14.3 Å². The van der Waals surface area contributed by atoms with Gasteiger partial charge < -0.3 is 15.0 Å². The van der Waals surface area contributed by atoms with Gasteiger partial charge in [-0.15, -0.1) is 0 Å². The van der Waals surface area contributed by atoms with Crippen molar-refractivity contribution in [2.45, 2.75) is 19.0 Å². The van der Waals surface area contributed by atoms with E-state index in [0.717, 1.165) is 25.4 Å². The molecule has 3 rings (SSSR count). The maximum absolute atomic E-state index is 13.1. The second-order valence-electron chi connectivity index (χ2n) is 7.59. The lowest BCUT2D eigenvalue weighted by Gasteiger charge is -2.36. The summed E-state index contributed by atoms with van der Waals surface area (Å²) in [5.74, 6) is 1.18. The predicted molar refractivity (Wildman–Crippen MR) is 125 cm³/mol. The first-order valence-electron chi connectivity index (χ1n) is 10.7. The van der Waals surface area contributed by atoms with Crippen molar-refractivity contribution in [3.8, 4) is 5.75 Å². The summed E-state index contributed by atoms with van der Waals surface area (Å²) in [4.78, 5) is 29.8. The van der Waals surface area contributed by atoms with Crippen LogP contribution in [0.15, 0.2) is 60.7 Å². The highest BCUT2D eigenvalue weighted by molar-refractivity contribution is 7.98. The number of nitrogens with one attached hydrogen (secondary N) is 1. The number of carbonyl (C=O) groups is 2. The quantitative estimate of drug-likeness (QED) is 0.614. The van der Waals surface area contributed by atoms with Gasteiger partial charge in [0.25, 0.3) is 5.91 Å². The van der Waals surface area contributed by atoms with Crippen LogP contribution in [0.2, 0.25) is 0 Å². The standard InChI is InChI=1S/C24H31N3O3S/c1-31-17-12-22(25-23(28)19-30-21-10-6-3-7-11-21)24(29)27-15-13-26(14-16-27)18-20-8-4-2-5-9-20/h2-11,22H,12-19H2,1H3,(H,25,28)/t22-/m1/s1. The Balaban J connectivity index is 1.49. The highest BCUT2D eigenvalue weighted by atomic mass is 32.2. The second kappa shape index (κ2) is 12.4. The summed E-state index contributed by atoms with van der Waals surface area (Å²) < 4.78 is 5.52. The van der Waals surface area contributed by atoms with Crippen LogP contribution in [0.25, 0.3) is 0 Å². The lowest BCUT2D eigenvalue weighted by molar-refractivity contribution is -0.138. The number of nitrogens with zero attached hydrogens (tertiary/aromatic N) is 2. The van der Waals surface area contributed by atoms with Crippen LogP contribution in [-0.2, 0) is 16.1 Å². The van der Waals surface area contributed by atoms with E-state index in [4.69, 9.17) is 4.74 Å². The predicted octanol–water partition coefficient (Wildman–Crippen LogP) is 2.65. The molecule has 0 unspecified atom stereocenters. The number of benzene rings is 2. The van der Waals surface area contributed by atoms with E-state index in [-0.39, 0.29) is 18.4 Å². The molecule has 6 nitrogen and oxygen atoms in total. The van der Waals surface area contributed by atoms with Gasteiger partial charge in [-0.1, -0.05) is 48.5 Å². The summed E-state index contributed by atoms with van der Waals surface area (Å²) >= 11 is 1.67. The van der Waals surface area contributed by atoms with E-state index in [1.54, 1.807) is 23.9 Å². The Morgan fingerprint density at radius 3 is 2.29 bits per heavy atom. The molecule has 0 spiro atoms. The molecule has 0 saturated carbocycles. The largest absolute Gasteiger partial charge is 0.484 e. The van der Waals surface area contributed by atoms with Gasteiger partial charge in [-0.2, -0.15) is 11.8 Å². The molecule has 31 heavy (non-hydrogen) atoms. The number of thioether (sulfide) groups is 1. The smallest absolute Gasteiger partial charge is 0.258 e. The maximum atomic E-state index is 13.1. The Labute approximate surface area is 188 Å². The summed E-state index contributed by atoms with van der Waals surface area (Å²) in [6.45, 7) is 3.82. The third-order valence-electron chi connectivity index (χ3n) is 5.29. The van der Waals surface area contributed by atoms with Crippen molar-refractivity contribution in [1.82, 2.24) is 15.1 Å². The minimum Gasteiger partial charge on any atom is -0.484 e. The Morgan fingerprint density at radius 2 is 1.65 bits per heavy atom. The van der Waals surface area contributed by atoms with Gasteiger partial charge >= 0.3 is 0 Å². The molecule has 7 heteroatoms. The molecule has 0 aromatic heterocycles. The first-order chi connectivity index (χ1) is 15.2. The molecule has 1 aliphatic rings. The van der Waals surface area contributed by atoms with E-state index in [0.29, 0.717) is 25.3 Å². The van der Waals surface area contributed by atoms with Crippen molar-refractivity contribution in [3.63, 3.8) is 0 Å². The van der Waals surface area contributed by atoms with Crippen molar-refractivity contribution >= 4 is 23.6 Å². The third-order valence-corrected chi connectivity index (χ3v) is 5.93. The first kappa shape index (κ1) is 23.2. The summed E-state index contributed by atoms with van der Waals surface area (Å²) in [7, 11) is 0. The Bertz CT molecular complexity index is 811. The van der Waals surface area contributed by atoms with Gasteiger partial charge in [0.05, 0.1) is 0 Å². The van der Waals surface area contributed by atoms with E-state index < -0.39 is 6.04 Å². The molecule has 0 radical (unpaired) electrons. The summed E-state index contributed by atoms with van der Waals surface area (Å²) in [6, 6.07) is 19.1. The molecule has 1 fully saturated rings. The number of hydrogen-bond acceptors (Lipinski definition) is 5. The average Bonchev–Trinajstić information content (AvgIpc) is 2.82. The van der Waals surface area contributed by atoms with Gasteiger partial charge in [0.2, 0.25) is 5.91 Å². The van der Waals surface area contributed by atoms with Crippen LogP contribution < -0.4 is 10.1 Å². The highest BCUT2D eigenvalue weighted by Crippen LogP contribution is 2.12. The number of para-hydroxylation sites is 1. The lowest BCUT2D eigenvalue weighted by atomic mass is 10.1. The minimum absolute atomic E-state index is 0.00136. The van der Waals surface area contributed by atoms with Crippen molar-refractivity contribution in [3.05, 3.63) is 66.2 Å². The SMILES string of the molecule is CSCC[C@@H](NC(=O)COc1ccccc1)C(=O)N1CCN(Cc2ccccc2)CC1. The number of ether oxygens (including phenoxy) is 1. The van der Waals surface area contributed by atoms with Gasteiger partial charge in [-0.05, 0) is 36.1 Å². The third kappa shape index (κ3) is 7.60. The van der Waals surface area contributed by atoms with Crippen molar-refractivity contribution in [1.29, 1.82) is 0 Å². The second-order valence-corrected chi connectivity index (χ2v) is 8.58. The van der Waals surface area contributed by atoms with Crippen LogP contribution in [-0.4, -0.2) is 72.5 Å². The normalized spacial score (nSPS) is 15.3. The summed E-state index contributed by atoms with van der Waals surface area (Å²) in [5, 5.41) is 2.89. The van der Waals surface area contributed by atoms with E-state index in [2.05, 4.69) is 34.5 Å². The number of hydrogen-bond donors (Lipinski definition) is 1.